The zero-order chi connectivity index (χ0) is 27.8. The van der Waals surface area contributed by atoms with Crippen molar-refractivity contribution in [3.05, 3.63) is 0 Å². The third-order valence-corrected chi connectivity index (χ3v) is 6.49. The summed E-state index contributed by atoms with van der Waals surface area (Å²) in [6.45, 7) is 3.45. The molecule has 7 nitrogen and oxygen atoms in total. The molecule has 0 aromatic rings. The number of unbranched alkanes of at least 4 members (excludes halogenated alkanes) is 19. The van der Waals surface area contributed by atoms with E-state index in [1.807, 2.05) is 0 Å². The van der Waals surface area contributed by atoms with Gasteiger partial charge < -0.3 is 26.1 Å². The Morgan fingerprint density at radius 3 is 1.49 bits per heavy atom. The smallest absolute Gasteiger partial charge is 0.345 e. The van der Waals surface area contributed by atoms with Crippen molar-refractivity contribution in [2.45, 2.75) is 161 Å². The maximum atomic E-state index is 12.0. The van der Waals surface area contributed by atoms with Crippen molar-refractivity contribution in [1.29, 1.82) is 0 Å². The molecule has 37 heavy (non-hydrogen) atoms. The average molecular weight is 529 g/mol. The van der Waals surface area contributed by atoms with Gasteiger partial charge in [-0.25, -0.2) is 4.79 Å². The second-order valence-electron chi connectivity index (χ2n) is 10.1. The standard InChI is InChI=1S/C28H52O5.C2H8N2/c1-2-3-4-5-6-7-8-9-10-11-12-14-17-20-23-26(28(31)32)33-27(30)24-21-18-15-13-16-19-22-25-29;3-1-2-4/h25-26H,2-24H2,1H3,(H,31,32);1-4H2. The molecule has 0 heterocycles. The average Bonchev–Trinajstić information content (AvgIpc) is 2.89. The Morgan fingerprint density at radius 2 is 1.08 bits per heavy atom. The lowest BCUT2D eigenvalue weighted by Gasteiger charge is -2.13. The van der Waals surface area contributed by atoms with E-state index < -0.39 is 18.0 Å². The van der Waals surface area contributed by atoms with Crippen molar-refractivity contribution in [3.8, 4) is 0 Å². The van der Waals surface area contributed by atoms with Crippen LogP contribution in [0.3, 0.4) is 0 Å². The minimum absolute atomic E-state index is 0.289. The Morgan fingerprint density at radius 1 is 0.676 bits per heavy atom. The van der Waals surface area contributed by atoms with Crippen LogP contribution in [-0.4, -0.2) is 42.5 Å². The van der Waals surface area contributed by atoms with E-state index in [0.29, 0.717) is 25.9 Å². The van der Waals surface area contributed by atoms with Crippen LogP contribution in [0.25, 0.3) is 0 Å². The summed E-state index contributed by atoms with van der Waals surface area (Å²) in [4.78, 5) is 33.6. The molecule has 1 atom stereocenters. The van der Waals surface area contributed by atoms with Gasteiger partial charge in [0.15, 0.2) is 6.10 Å². The van der Waals surface area contributed by atoms with Crippen LogP contribution in [0.4, 0.5) is 0 Å². The van der Waals surface area contributed by atoms with Crippen LogP contribution in [0.2, 0.25) is 0 Å². The summed E-state index contributed by atoms with van der Waals surface area (Å²) >= 11 is 0. The lowest BCUT2D eigenvalue weighted by molar-refractivity contribution is -0.164. The fraction of sp³-hybridized carbons (Fsp3) is 0.900. The predicted molar refractivity (Wildman–Crippen MR) is 154 cm³/mol. The number of ether oxygens (including phenoxy) is 1. The van der Waals surface area contributed by atoms with Gasteiger partial charge in [-0.3, -0.25) is 4.79 Å². The summed E-state index contributed by atoms with van der Waals surface area (Å²) in [6, 6.07) is 0. The fourth-order valence-electron chi connectivity index (χ4n) is 4.18. The Hall–Kier alpha value is -1.47. The number of rotatable bonds is 27. The van der Waals surface area contributed by atoms with Gasteiger partial charge in [0.1, 0.15) is 6.29 Å². The van der Waals surface area contributed by atoms with Gasteiger partial charge in [0.25, 0.3) is 0 Å². The molecule has 0 saturated heterocycles. The van der Waals surface area contributed by atoms with Gasteiger partial charge in [-0.2, -0.15) is 0 Å². The van der Waals surface area contributed by atoms with Gasteiger partial charge in [-0.1, -0.05) is 116 Å². The molecule has 0 amide bonds. The number of carbonyl (C=O) groups is 3. The Balaban J connectivity index is 0. The molecular formula is C30H60N2O5. The molecule has 0 aliphatic carbocycles. The summed E-state index contributed by atoms with van der Waals surface area (Å²) in [7, 11) is 0. The third kappa shape index (κ3) is 32.5. The van der Waals surface area contributed by atoms with Crippen LogP contribution in [-0.2, 0) is 19.1 Å². The van der Waals surface area contributed by atoms with Gasteiger partial charge in [-0.15, -0.1) is 0 Å². The SMILES string of the molecule is CCCCCCCCCCCCCCCCC(OC(=O)CCCCCCCCC=O)C(=O)O.NCCN. The Bertz CT molecular complexity index is 500. The fourth-order valence-corrected chi connectivity index (χ4v) is 4.18. The van der Waals surface area contributed by atoms with Crippen molar-refractivity contribution in [2.24, 2.45) is 11.5 Å². The second-order valence-corrected chi connectivity index (χ2v) is 10.1. The first kappa shape index (κ1) is 37.7. The molecule has 0 aliphatic heterocycles. The quantitative estimate of drug-likeness (QED) is 0.0589. The zero-order valence-electron chi connectivity index (χ0n) is 24.1. The first-order valence-corrected chi connectivity index (χ1v) is 15.3. The minimum atomic E-state index is -1.03. The molecule has 0 aliphatic rings. The number of carboxylic acid groups (broad SMARTS) is 1. The monoisotopic (exact) mass is 528 g/mol. The van der Waals surface area contributed by atoms with E-state index in [1.165, 1.54) is 70.6 Å². The molecule has 0 rings (SSSR count). The van der Waals surface area contributed by atoms with E-state index in [2.05, 4.69) is 6.92 Å². The normalized spacial score (nSPS) is 11.4. The summed E-state index contributed by atoms with van der Waals surface area (Å²) in [5.41, 5.74) is 9.81. The second kappa shape index (κ2) is 32.6. The van der Waals surface area contributed by atoms with E-state index in [0.717, 1.165) is 64.1 Å². The van der Waals surface area contributed by atoms with Crippen molar-refractivity contribution in [2.75, 3.05) is 13.1 Å². The third-order valence-electron chi connectivity index (χ3n) is 6.49. The number of esters is 1. The van der Waals surface area contributed by atoms with Crippen LogP contribution in [0.5, 0.6) is 0 Å². The number of carbonyl (C=O) groups excluding carboxylic acids is 2. The maximum Gasteiger partial charge on any atom is 0.345 e. The van der Waals surface area contributed by atoms with E-state index in [4.69, 9.17) is 16.2 Å². The molecule has 7 heteroatoms. The first-order valence-electron chi connectivity index (χ1n) is 15.3. The van der Waals surface area contributed by atoms with Crippen molar-refractivity contribution < 1.29 is 24.2 Å². The van der Waals surface area contributed by atoms with Crippen molar-refractivity contribution >= 4 is 18.2 Å². The predicted octanol–water partition coefficient (Wildman–Crippen LogP) is 7.08. The minimum Gasteiger partial charge on any atom is -0.479 e. The van der Waals surface area contributed by atoms with Crippen LogP contribution >= 0.6 is 0 Å². The van der Waals surface area contributed by atoms with Gasteiger partial charge in [-0.05, 0) is 25.7 Å². The number of hydrogen-bond acceptors (Lipinski definition) is 6. The molecule has 0 aromatic carbocycles. The topological polar surface area (TPSA) is 133 Å². The van der Waals surface area contributed by atoms with Gasteiger partial charge in [0.05, 0.1) is 0 Å². The molecule has 0 radical (unpaired) electrons. The maximum absolute atomic E-state index is 12.0. The van der Waals surface area contributed by atoms with Crippen LogP contribution in [0.15, 0.2) is 0 Å². The van der Waals surface area contributed by atoms with Crippen LogP contribution in [0, 0.1) is 0 Å². The number of aliphatic carboxylic acids is 1. The molecule has 1 unspecified atom stereocenters. The lowest BCUT2D eigenvalue weighted by Crippen LogP contribution is -2.27. The highest BCUT2D eigenvalue weighted by Gasteiger charge is 2.21. The van der Waals surface area contributed by atoms with Crippen LogP contribution in [0.1, 0.15) is 155 Å². The Kier molecular flexibility index (Phi) is 33.2. The molecular weight excluding hydrogens is 468 g/mol. The molecule has 5 N–H and O–H groups in total. The number of aldehydes is 1. The summed E-state index contributed by atoms with van der Waals surface area (Å²) in [5.74, 6) is -1.43. The van der Waals surface area contributed by atoms with Crippen molar-refractivity contribution in [1.82, 2.24) is 0 Å². The van der Waals surface area contributed by atoms with E-state index in [1.54, 1.807) is 0 Å². The van der Waals surface area contributed by atoms with E-state index in [9.17, 15) is 19.5 Å². The van der Waals surface area contributed by atoms with Gasteiger partial charge in [0, 0.05) is 25.9 Å². The number of hydrogen-bond donors (Lipinski definition) is 3. The summed E-state index contributed by atoms with van der Waals surface area (Å²) in [5, 5.41) is 9.34. The molecule has 0 saturated carbocycles. The van der Waals surface area contributed by atoms with Crippen molar-refractivity contribution in [3.63, 3.8) is 0 Å². The molecule has 0 bridgehead atoms. The molecule has 0 fully saturated rings. The molecule has 220 valence electrons. The van der Waals surface area contributed by atoms with Crippen LogP contribution < -0.4 is 11.5 Å². The van der Waals surface area contributed by atoms with E-state index in [-0.39, 0.29) is 6.42 Å². The lowest BCUT2D eigenvalue weighted by atomic mass is 10.0. The highest BCUT2D eigenvalue weighted by atomic mass is 16.6. The summed E-state index contributed by atoms with van der Waals surface area (Å²) in [6.07, 6.45) is 24.7. The van der Waals surface area contributed by atoms with E-state index >= 15 is 0 Å². The largest absolute Gasteiger partial charge is 0.479 e. The van der Waals surface area contributed by atoms with Gasteiger partial charge >= 0.3 is 11.9 Å². The zero-order valence-corrected chi connectivity index (χ0v) is 24.1. The Labute approximate surface area is 227 Å². The highest BCUT2D eigenvalue weighted by Crippen LogP contribution is 2.15. The molecule has 0 spiro atoms. The van der Waals surface area contributed by atoms with Gasteiger partial charge in [0.2, 0.25) is 0 Å². The highest BCUT2D eigenvalue weighted by molar-refractivity contribution is 5.77. The number of carboxylic acids is 1. The number of nitrogens with two attached hydrogens (primary N) is 2. The molecule has 0 aromatic heterocycles. The summed E-state index contributed by atoms with van der Waals surface area (Å²) < 4.78 is 5.21. The first-order chi connectivity index (χ1) is 18.0.